The van der Waals surface area contributed by atoms with Crippen LogP contribution < -0.4 is 4.74 Å². The highest BCUT2D eigenvalue weighted by molar-refractivity contribution is 6.22. The Bertz CT molecular complexity index is 1140. The molecule has 174 valence electrons. The molecule has 3 aromatic rings. The summed E-state index contributed by atoms with van der Waals surface area (Å²) in [5, 5.41) is 0. The second kappa shape index (κ2) is 10.3. The number of nitrogens with zero attached hydrogens (tertiary/aromatic N) is 2. The number of pyridine rings is 1. The molecule has 4 rings (SSSR count). The lowest BCUT2D eigenvalue weighted by atomic mass is 9.97. The average Bonchev–Trinajstić information content (AvgIpc) is 3.13. The van der Waals surface area contributed by atoms with E-state index in [1.165, 1.54) is 0 Å². The third kappa shape index (κ3) is 4.83. The van der Waals surface area contributed by atoms with E-state index in [0.717, 1.165) is 16.2 Å². The van der Waals surface area contributed by atoms with Crippen molar-refractivity contribution in [3.05, 3.63) is 95.3 Å². The molecular weight excluding hydrogens is 432 g/mol. The first kappa shape index (κ1) is 23.2. The van der Waals surface area contributed by atoms with Gasteiger partial charge in [0.2, 0.25) is 0 Å². The number of benzene rings is 2. The Morgan fingerprint density at radius 2 is 1.56 bits per heavy atom. The summed E-state index contributed by atoms with van der Waals surface area (Å²) in [7, 11) is 0. The highest BCUT2D eigenvalue weighted by atomic mass is 16.5. The summed E-state index contributed by atoms with van der Waals surface area (Å²) in [6, 6.07) is 18.5. The van der Waals surface area contributed by atoms with E-state index in [0.29, 0.717) is 29.9 Å². The first-order valence-electron chi connectivity index (χ1n) is 11.2. The van der Waals surface area contributed by atoms with E-state index < -0.39 is 23.8 Å². The molecule has 0 bridgehead atoms. The minimum absolute atomic E-state index is 0.0233. The van der Waals surface area contributed by atoms with Gasteiger partial charge in [0.25, 0.3) is 11.8 Å². The van der Waals surface area contributed by atoms with E-state index in [9.17, 15) is 14.4 Å². The van der Waals surface area contributed by atoms with Gasteiger partial charge in [-0.25, -0.2) is 4.79 Å². The molecule has 1 aromatic heterocycles. The minimum atomic E-state index is -0.988. The van der Waals surface area contributed by atoms with Gasteiger partial charge < -0.3 is 9.47 Å². The van der Waals surface area contributed by atoms with Gasteiger partial charge in [-0.05, 0) is 47.9 Å². The summed E-state index contributed by atoms with van der Waals surface area (Å²) in [5.41, 5.74) is 2.22. The molecule has 0 spiro atoms. The largest absolute Gasteiger partial charge is 0.487 e. The van der Waals surface area contributed by atoms with Crippen molar-refractivity contribution in [3.8, 4) is 5.75 Å². The fourth-order valence-corrected chi connectivity index (χ4v) is 3.84. The quantitative estimate of drug-likeness (QED) is 0.349. The van der Waals surface area contributed by atoms with Gasteiger partial charge >= 0.3 is 5.97 Å². The number of fused-ring (bicyclic) bond motifs is 1. The normalized spacial score (nSPS) is 14.5. The summed E-state index contributed by atoms with van der Waals surface area (Å²) in [6.07, 6.45) is 2.32. The second-order valence-corrected chi connectivity index (χ2v) is 8.22. The van der Waals surface area contributed by atoms with Gasteiger partial charge in [0, 0.05) is 6.20 Å². The molecule has 0 unspecified atom stereocenters. The van der Waals surface area contributed by atoms with Crippen LogP contribution in [0.4, 0.5) is 0 Å². The van der Waals surface area contributed by atoms with Crippen molar-refractivity contribution in [2.24, 2.45) is 5.92 Å². The Morgan fingerprint density at radius 1 is 0.912 bits per heavy atom. The van der Waals surface area contributed by atoms with Crippen LogP contribution in [0.3, 0.4) is 0 Å². The number of esters is 1. The molecule has 2 aromatic carbocycles. The predicted octanol–water partition coefficient (Wildman–Crippen LogP) is 4.41. The summed E-state index contributed by atoms with van der Waals surface area (Å²) in [4.78, 5) is 44.2. The first-order chi connectivity index (χ1) is 16.5. The molecular formula is C27H26N2O5. The van der Waals surface area contributed by atoms with Crippen molar-refractivity contribution in [2.75, 3.05) is 0 Å². The van der Waals surface area contributed by atoms with Crippen molar-refractivity contribution in [1.29, 1.82) is 0 Å². The molecule has 1 aliphatic rings. The van der Waals surface area contributed by atoms with Gasteiger partial charge in [-0.1, -0.05) is 50.6 Å². The Labute approximate surface area is 198 Å². The molecule has 1 aliphatic heterocycles. The number of hydrogen-bond donors (Lipinski definition) is 0. The SMILES string of the molecule is CC[C@H](C)[C@@H](C(=O)OCc1ccc(OCc2ccccn2)cc1)N1C(=O)c2ccccc2C1=O. The van der Waals surface area contributed by atoms with Gasteiger partial charge in [-0.15, -0.1) is 0 Å². The Balaban J connectivity index is 1.40. The smallest absolute Gasteiger partial charge is 0.329 e. The number of rotatable bonds is 9. The fourth-order valence-electron chi connectivity index (χ4n) is 3.84. The van der Waals surface area contributed by atoms with Gasteiger partial charge in [0.1, 0.15) is 25.0 Å². The number of amides is 2. The third-order valence-electron chi connectivity index (χ3n) is 5.95. The van der Waals surface area contributed by atoms with Gasteiger partial charge in [-0.3, -0.25) is 19.5 Å². The van der Waals surface area contributed by atoms with Crippen LogP contribution >= 0.6 is 0 Å². The summed E-state index contributed by atoms with van der Waals surface area (Å²) < 4.78 is 11.3. The molecule has 34 heavy (non-hydrogen) atoms. The van der Waals surface area contributed by atoms with Crippen LogP contribution in [-0.4, -0.2) is 33.7 Å². The molecule has 0 fully saturated rings. The molecule has 7 heteroatoms. The van der Waals surface area contributed by atoms with Crippen molar-refractivity contribution in [2.45, 2.75) is 39.5 Å². The lowest BCUT2D eigenvalue weighted by molar-refractivity contribution is -0.151. The number of aromatic nitrogens is 1. The first-order valence-corrected chi connectivity index (χ1v) is 11.2. The lowest BCUT2D eigenvalue weighted by Crippen LogP contribution is -2.49. The molecule has 0 radical (unpaired) electrons. The molecule has 2 amide bonds. The monoisotopic (exact) mass is 458 g/mol. The topological polar surface area (TPSA) is 85.8 Å². The van der Waals surface area contributed by atoms with Crippen LogP contribution in [0.25, 0.3) is 0 Å². The van der Waals surface area contributed by atoms with Crippen molar-refractivity contribution < 1.29 is 23.9 Å². The summed E-state index contributed by atoms with van der Waals surface area (Å²) in [6.45, 7) is 4.12. The predicted molar refractivity (Wildman–Crippen MR) is 125 cm³/mol. The number of carbonyl (C=O) groups is 3. The van der Waals surface area contributed by atoms with Crippen molar-refractivity contribution in [3.63, 3.8) is 0 Å². The van der Waals surface area contributed by atoms with E-state index in [-0.39, 0.29) is 12.5 Å². The summed E-state index contributed by atoms with van der Waals surface area (Å²) in [5.74, 6) is -1.10. The van der Waals surface area contributed by atoms with Crippen molar-refractivity contribution in [1.82, 2.24) is 9.88 Å². The van der Waals surface area contributed by atoms with E-state index in [1.54, 1.807) is 54.7 Å². The lowest BCUT2D eigenvalue weighted by Gasteiger charge is -2.29. The van der Waals surface area contributed by atoms with Crippen LogP contribution in [0.5, 0.6) is 5.75 Å². The maximum atomic E-state index is 13.1. The summed E-state index contributed by atoms with van der Waals surface area (Å²) >= 11 is 0. The number of hydrogen-bond acceptors (Lipinski definition) is 6. The van der Waals surface area contributed by atoms with Crippen LogP contribution in [0.2, 0.25) is 0 Å². The molecule has 2 heterocycles. The highest BCUT2D eigenvalue weighted by Crippen LogP contribution is 2.29. The van der Waals surface area contributed by atoms with E-state index in [1.807, 2.05) is 32.0 Å². The average molecular weight is 459 g/mol. The van der Waals surface area contributed by atoms with Crippen LogP contribution in [-0.2, 0) is 22.7 Å². The van der Waals surface area contributed by atoms with E-state index in [2.05, 4.69) is 4.98 Å². The highest BCUT2D eigenvalue weighted by Gasteiger charge is 2.45. The zero-order valence-corrected chi connectivity index (χ0v) is 19.1. The standard InChI is InChI=1S/C27H26N2O5/c1-3-18(2)24(29-25(30)22-9-4-5-10-23(22)26(29)31)27(32)34-16-19-11-13-21(14-12-19)33-17-20-8-6-7-15-28-20/h4-15,18,24H,3,16-17H2,1-2H3/t18-,24-/m0/s1. The van der Waals surface area contributed by atoms with Gasteiger partial charge in [0.05, 0.1) is 16.8 Å². The molecule has 0 saturated heterocycles. The number of carbonyl (C=O) groups excluding carboxylic acids is 3. The zero-order chi connectivity index (χ0) is 24.1. The second-order valence-electron chi connectivity index (χ2n) is 8.22. The Kier molecular flexibility index (Phi) is 7.01. The molecule has 0 N–H and O–H groups in total. The Hall–Kier alpha value is -4.00. The number of imide groups is 1. The molecule has 2 atom stereocenters. The Morgan fingerprint density at radius 3 is 2.15 bits per heavy atom. The van der Waals surface area contributed by atoms with Crippen LogP contribution in [0, 0.1) is 5.92 Å². The third-order valence-corrected chi connectivity index (χ3v) is 5.95. The van der Waals surface area contributed by atoms with Crippen LogP contribution in [0.15, 0.2) is 72.9 Å². The fraction of sp³-hybridized carbons (Fsp3) is 0.259. The van der Waals surface area contributed by atoms with E-state index in [4.69, 9.17) is 9.47 Å². The number of ether oxygens (including phenoxy) is 2. The van der Waals surface area contributed by atoms with Crippen molar-refractivity contribution >= 4 is 17.8 Å². The van der Waals surface area contributed by atoms with Gasteiger partial charge in [-0.2, -0.15) is 0 Å². The molecule has 0 aliphatic carbocycles. The van der Waals surface area contributed by atoms with Gasteiger partial charge in [0.15, 0.2) is 0 Å². The van der Waals surface area contributed by atoms with Crippen LogP contribution in [0.1, 0.15) is 52.2 Å². The minimum Gasteiger partial charge on any atom is -0.487 e. The maximum Gasteiger partial charge on any atom is 0.329 e. The molecule has 7 nitrogen and oxygen atoms in total. The zero-order valence-electron chi connectivity index (χ0n) is 19.1. The van der Waals surface area contributed by atoms with E-state index >= 15 is 0 Å². The molecule has 0 saturated carbocycles. The maximum absolute atomic E-state index is 13.1.